The number of sulfonamides is 1. The minimum Gasteiger partial charge on any atom is -0.365 e. The van der Waals surface area contributed by atoms with Crippen LogP contribution in [-0.4, -0.2) is 57.8 Å². The van der Waals surface area contributed by atoms with Crippen LogP contribution >= 0.6 is 0 Å². The molecule has 0 aromatic heterocycles. The van der Waals surface area contributed by atoms with Gasteiger partial charge < -0.3 is 9.64 Å². The lowest BCUT2D eigenvalue weighted by molar-refractivity contribution is -0.146. The largest absolute Gasteiger partial charge is 0.365 e. The van der Waals surface area contributed by atoms with E-state index in [1.807, 2.05) is 30.3 Å². The molecule has 6 nitrogen and oxygen atoms in total. The lowest BCUT2D eigenvalue weighted by atomic mass is 10.2. The SMILES string of the molecule is CN1CC(CNS(=O)(=O)CCc2ccccc2)OCC1=O. The van der Waals surface area contributed by atoms with Gasteiger partial charge in [0.2, 0.25) is 15.9 Å². The molecule has 1 fully saturated rings. The Morgan fingerprint density at radius 1 is 1.33 bits per heavy atom. The topological polar surface area (TPSA) is 75.7 Å². The van der Waals surface area contributed by atoms with Gasteiger partial charge in [-0.2, -0.15) is 0 Å². The highest BCUT2D eigenvalue weighted by atomic mass is 32.2. The van der Waals surface area contributed by atoms with Crippen LogP contribution in [0.15, 0.2) is 30.3 Å². The van der Waals surface area contributed by atoms with E-state index in [0.717, 1.165) is 5.56 Å². The summed E-state index contributed by atoms with van der Waals surface area (Å²) in [5.74, 6) is -0.0448. The molecule has 1 heterocycles. The van der Waals surface area contributed by atoms with Crippen molar-refractivity contribution in [3.63, 3.8) is 0 Å². The molecule has 1 amide bonds. The normalized spacial score (nSPS) is 19.8. The number of rotatable bonds is 6. The number of hydrogen-bond donors (Lipinski definition) is 1. The summed E-state index contributed by atoms with van der Waals surface area (Å²) < 4.78 is 31.7. The van der Waals surface area contributed by atoms with Crippen LogP contribution in [0.3, 0.4) is 0 Å². The summed E-state index contributed by atoms with van der Waals surface area (Å²) in [6.45, 7) is 0.599. The van der Waals surface area contributed by atoms with E-state index in [4.69, 9.17) is 4.74 Å². The number of aryl methyl sites for hydroxylation is 1. The van der Waals surface area contributed by atoms with E-state index in [1.165, 1.54) is 0 Å². The number of carbonyl (C=O) groups excluding carboxylic acids is 1. The molecular formula is C14H20N2O4S. The molecule has 0 saturated carbocycles. The average Bonchev–Trinajstić information content (AvgIpc) is 2.48. The van der Waals surface area contributed by atoms with E-state index in [-0.39, 0.29) is 30.9 Å². The third kappa shape index (κ3) is 5.11. The van der Waals surface area contributed by atoms with Crippen LogP contribution in [0.25, 0.3) is 0 Å². The molecule has 0 spiro atoms. The van der Waals surface area contributed by atoms with Crippen molar-refractivity contribution in [2.45, 2.75) is 12.5 Å². The highest BCUT2D eigenvalue weighted by molar-refractivity contribution is 7.89. The maximum atomic E-state index is 11.9. The van der Waals surface area contributed by atoms with Crippen molar-refractivity contribution < 1.29 is 17.9 Å². The minimum atomic E-state index is -3.34. The van der Waals surface area contributed by atoms with Crippen LogP contribution in [0.2, 0.25) is 0 Å². The first-order valence-electron chi connectivity index (χ1n) is 6.83. The summed E-state index contributed by atoms with van der Waals surface area (Å²) in [5.41, 5.74) is 0.988. The van der Waals surface area contributed by atoms with Crippen molar-refractivity contribution in [3.8, 4) is 0 Å². The van der Waals surface area contributed by atoms with Gasteiger partial charge in [-0.15, -0.1) is 0 Å². The van der Waals surface area contributed by atoms with Gasteiger partial charge in [0.1, 0.15) is 6.61 Å². The van der Waals surface area contributed by atoms with Gasteiger partial charge in [0.05, 0.1) is 11.9 Å². The molecule has 0 radical (unpaired) electrons. The Kier molecular flexibility index (Phi) is 5.33. The highest BCUT2D eigenvalue weighted by Crippen LogP contribution is 2.05. The number of benzene rings is 1. The lowest BCUT2D eigenvalue weighted by Crippen LogP contribution is -2.49. The van der Waals surface area contributed by atoms with E-state index in [2.05, 4.69) is 4.72 Å². The second-order valence-electron chi connectivity index (χ2n) is 5.11. The van der Waals surface area contributed by atoms with Gasteiger partial charge in [-0.05, 0) is 12.0 Å². The smallest absolute Gasteiger partial charge is 0.248 e. The number of nitrogens with zero attached hydrogens (tertiary/aromatic N) is 1. The zero-order valence-corrected chi connectivity index (χ0v) is 12.8. The molecule has 1 aliphatic heterocycles. The molecule has 1 aromatic carbocycles. The predicted molar refractivity (Wildman–Crippen MR) is 79.3 cm³/mol. The maximum absolute atomic E-state index is 11.9. The van der Waals surface area contributed by atoms with Gasteiger partial charge in [-0.25, -0.2) is 13.1 Å². The quantitative estimate of drug-likeness (QED) is 0.802. The number of likely N-dealkylation sites (N-methyl/N-ethyl adjacent to an activating group) is 1. The molecule has 1 aliphatic rings. The first kappa shape index (κ1) is 15.9. The van der Waals surface area contributed by atoms with Gasteiger partial charge in [0, 0.05) is 20.1 Å². The molecule has 1 N–H and O–H groups in total. The molecule has 1 unspecified atom stereocenters. The van der Waals surface area contributed by atoms with Crippen molar-refractivity contribution in [3.05, 3.63) is 35.9 Å². The summed E-state index contributed by atoms with van der Waals surface area (Å²) in [6.07, 6.45) is 0.180. The van der Waals surface area contributed by atoms with Crippen LogP contribution in [0.1, 0.15) is 5.56 Å². The number of carbonyl (C=O) groups is 1. The Balaban J connectivity index is 1.77. The van der Waals surface area contributed by atoms with Crippen LogP contribution in [0.5, 0.6) is 0 Å². The first-order chi connectivity index (χ1) is 9.96. The standard InChI is InChI=1S/C14H20N2O4S/c1-16-10-13(20-11-14(16)17)9-15-21(18,19)8-7-12-5-3-2-4-6-12/h2-6,13,15H,7-11H2,1H3. The van der Waals surface area contributed by atoms with E-state index in [1.54, 1.807) is 11.9 Å². The fourth-order valence-corrected chi connectivity index (χ4v) is 3.16. The Morgan fingerprint density at radius 3 is 2.71 bits per heavy atom. The van der Waals surface area contributed by atoms with Crippen molar-refractivity contribution >= 4 is 15.9 Å². The molecule has 7 heteroatoms. The lowest BCUT2D eigenvalue weighted by Gasteiger charge is -2.29. The molecule has 116 valence electrons. The molecular weight excluding hydrogens is 292 g/mol. The number of ether oxygens (including phenoxy) is 1. The molecule has 2 rings (SSSR count). The summed E-state index contributed by atoms with van der Waals surface area (Å²) >= 11 is 0. The second kappa shape index (κ2) is 7.02. The van der Waals surface area contributed by atoms with E-state index < -0.39 is 10.0 Å². The van der Waals surface area contributed by atoms with Crippen LogP contribution in [0, 0.1) is 0 Å². The molecule has 21 heavy (non-hydrogen) atoms. The second-order valence-corrected chi connectivity index (χ2v) is 7.04. The van der Waals surface area contributed by atoms with Crippen LogP contribution in [0.4, 0.5) is 0 Å². The highest BCUT2D eigenvalue weighted by Gasteiger charge is 2.24. The Morgan fingerprint density at radius 2 is 2.05 bits per heavy atom. The summed E-state index contributed by atoms with van der Waals surface area (Å²) in [6, 6.07) is 9.48. The van der Waals surface area contributed by atoms with E-state index in [0.29, 0.717) is 13.0 Å². The van der Waals surface area contributed by atoms with Gasteiger partial charge in [-0.3, -0.25) is 4.79 Å². The van der Waals surface area contributed by atoms with Crippen molar-refractivity contribution in [2.24, 2.45) is 0 Å². The van der Waals surface area contributed by atoms with Crippen molar-refractivity contribution in [2.75, 3.05) is 32.5 Å². The maximum Gasteiger partial charge on any atom is 0.248 e. The summed E-state index contributed by atoms with van der Waals surface area (Å²) in [4.78, 5) is 12.8. The summed E-state index contributed by atoms with van der Waals surface area (Å²) in [7, 11) is -1.66. The van der Waals surface area contributed by atoms with Crippen LogP contribution in [-0.2, 0) is 26.0 Å². The Labute approximate surface area is 125 Å². The van der Waals surface area contributed by atoms with Gasteiger partial charge in [-0.1, -0.05) is 30.3 Å². The number of morpholine rings is 1. The molecule has 1 saturated heterocycles. The molecule has 0 aliphatic carbocycles. The van der Waals surface area contributed by atoms with Crippen molar-refractivity contribution in [1.82, 2.24) is 9.62 Å². The van der Waals surface area contributed by atoms with E-state index in [9.17, 15) is 13.2 Å². The average molecular weight is 312 g/mol. The molecule has 0 bridgehead atoms. The summed E-state index contributed by atoms with van der Waals surface area (Å²) in [5, 5.41) is 0. The van der Waals surface area contributed by atoms with Gasteiger partial charge in [0.25, 0.3) is 0 Å². The molecule has 1 aromatic rings. The number of amides is 1. The fourth-order valence-electron chi connectivity index (χ4n) is 2.07. The molecule has 1 atom stereocenters. The Hall–Kier alpha value is -1.44. The Bertz CT molecular complexity index is 574. The first-order valence-corrected chi connectivity index (χ1v) is 8.48. The van der Waals surface area contributed by atoms with Crippen molar-refractivity contribution in [1.29, 1.82) is 0 Å². The van der Waals surface area contributed by atoms with E-state index >= 15 is 0 Å². The third-order valence-corrected chi connectivity index (χ3v) is 4.73. The van der Waals surface area contributed by atoms with Crippen LogP contribution < -0.4 is 4.72 Å². The zero-order valence-electron chi connectivity index (χ0n) is 12.0. The van der Waals surface area contributed by atoms with Gasteiger partial charge >= 0.3 is 0 Å². The number of hydrogen-bond acceptors (Lipinski definition) is 4. The number of nitrogens with one attached hydrogen (secondary N) is 1. The zero-order chi connectivity index (χ0) is 15.3. The monoisotopic (exact) mass is 312 g/mol. The van der Waals surface area contributed by atoms with Gasteiger partial charge in [0.15, 0.2) is 0 Å². The predicted octanol–water partition coefficient (Wildman–Crippen LogP) is 0.00570. The fraction of sp³-hybridized carbons (Fsp3) is 0.500. The third-order valence-electron chi connectivity index (χ3n) is 3.38. The minimum absolute atomic E-state index is 0.00685.